The quantitative estimate of drug-likeness (QED) is 0.261. The van der Waals surface area contributed by atoms with Gasteiger partial charge in [0.05, 0.1) is 0 Å². The summed E-state index contributed by atoms with van der Waals surface area (Å²) >= 11 is 0. The van der Waals surface area contributed by atoms with Crippen LogP contribution in [0.4, 0.5) is 0 Å². The molecule has 1 rings (SSSR count). The van der Waals surface area contributed by atoms with Crippen LogP contribution >= 0.6 is 0 Å². The number of likely N-dealkylation sites (tertiary alicyclic amines) is 1. The van der Waals surface area contributed by atoms with Gasteiger partial charge in [-0.2, -0.15) is 6.42 Å². The molecule has 1 heterocycles. The van der Waals surface area contributed by atoms with Crippen molar-refractivity contribution in [2.75, 3.05) is 13.6 Å². The van der Waals surface area contributed by atoms with Crippen LogP contribution in [0.5, 0.6) is 0 Å². The maximum absolute atomic E-state index is 2.27. The van der Waals surface area contributed by atoms with Gasteiger partial charge in [-0.15, -0.1) is 0 Å². The second-order valence-electron chi connectivity index (χ2n) is 2.16. The van der Waals surface area contributed by atoms with E-state index in [4.69, 9.17) is 0 Å². The van der Waals surface area contributed by atoms with Crippen LogP contribution in [0.1, 0.15) is 19.3 Å². The van der Waals surface area contributed by atoms with E-state index >= 15 is 0 Å². The third kappa shape index (κ3) is 2.77. The van der Waals surface area contributed by atoms with Crippen molar-refractivity contribution in [2.45, 2.75) is 19.3 Å². The van der Waals surface area contributed by atoms with Gasteiger partial charge < -0.3 is 4.90 Å². The van der Waals surface area contributed by atoms with Crippen molar-refractivity contribution in [1.82, 2.24) is 4.90 Å². The van der Waals surface area contributed by atoms with Gasteiger partial charge in [0.25, 0.3) is 0 Å². The van der Waals surface area contributed by atoms with Gasteiger partial charge in [-0.3, -0.25) is 6.54 Å². The molecule has 8 heavy (non-hydrogen) atoms. The zero-order chi connectivity index (χ0) is 5.11. The molecule has 0 unspecified atom stereocenters. The molecule has 0 bridgehead atoms. The Bertz CT molecular complexity index is 50.5. The van der Waals surface area contributed by atoms with Crippen LogP contribution in [0.15, 0.2) is 0 Å². The van der Waals surface area contributed by atoms with E-state index < -0.39 is 0 Å². The number of rotatable bonds is 0. The van der Waals surface area contributed by atoms with Crippen molar-refractivity contribution in [3.05, 3.63) is 6.54 Å². The van der Waals surface area contributed by atoms with Gasteiger partial charge in [0.15, 0.2) is 0 Å². The summed E-state index contributed by atoms with van der Waals surface area (Å²) in [6.07, 6.45) is 4.06. The van der Waals surface area contributed by atoms with Crippen LogP contribution in [-0.4, -0.2) is 18.5 Å². The van der Waals surface area contributed by atoms with Gasteiger partial charge in [0.1, 0.15) is 0 Å². The summed E-state index contributed by atoms with van der Waals surface area (Å²) in [5.41, 5.74) is 0. The van der Waals surface area contributed by atoms with Crippen LogP contribution in [0.3, 0.4) is 0 Å². The molecule has 1 saturated heterocycles. The SMILES string of the molecule is CN1[CH-]CCCC1.[Li+]. The molecule has 0 aromatic rings. The van der Waals surface area contributed by atoms with E-state index in [1.807, 2.05) is 0 Å². The fraction of sp³-hybridized carbons (Fsp3) is 0.833. The molecule has 0 spiro atoms. The van der Waals surface area contributed by atoms with E-state index in [-0.39, 0.29) is 18.9 Å². The van der Waals surface area contributed by atoms with Crippen LogP contribution in [0.25, 0.3) is 0 Å². The predicted molar refractivity (Wildman–Crippen MR) is 30.8 cm³/mol. The summed E-state index contributed by atoms with van der Waals surface area (Å²) in [6.45, 7) is 3.53. The van der Waals surface area contributed by atoms with E-state index in [0.29, 0.717) is 0 Å². The van der Waals surface area contributed by atoms with E-state index in [1.165, 1.54) is 25.8 Å². The normalized spacial score (nSPS) is 22.1. The maximum atomic E-state index is 2.27. The van der Waals surface area contributed by atoms with Crippen LogP contribution in [0, 0.1) is 6.54 Å². The van der Waals surface area contributed by atoms with Crippen molar-refractivity contribution in [1.29, 1.82) is 0 Å². The molecule has 1 aliphatic heterocycles. The first-order valence-corrected chi connectivity index (χ1v) is 2.93. The summed E-state index contributed by atoms with van der Waals surface area (Å²) in [4.78, 5) is 2.27. The van der Waals surface area contributed by atoms with E-state index in [1.54, 1.807) is 0 Å². The summed E-state index contributed by atoms with van der Waals surface area (Å²) in [5.74, 6) is 0. The largest absolute Gasteiger partial charge is 1.00 e. The molecular weight excluding hydrogens is 93.0 g/mol. The smallest absolute Gasteiger partial charge is 0.459 e. The standard InChI is InChI=1S/C6H12N.Li/c1-7-5-3-2-4-6-7;/h5H,2-4,6H2,1H3;/q-1;+1. The molecule has 1 nitrogen and oxygen atoms in total. The Kier molecular flexibility index (Phi) is 4.75. The third-order valence-electron chi connectivity index (χ3n) is 1.41. The van der Waals surface area contributed by atoms with Crippen molar-refractivity contribution >= 4 is 0 Å². The zero-order valence-electron chi connectivity index (χ0n) is 5.85. The Labute approximate surface area is 63.6 Å². The summed E-state index contributed by atoms with van der Waals surface area (Å²) in [7, 11) is 2.14. The molecule has 0 aromatic carbocycles. The Hall–Kier alpha value is 0.557. The molecule has 2 heteroatoms. The first-order chi connectivity index (χ1) is 3.39. The zero-order valence-corrected chi connectivity index (χ0v) is 5.85. The van der Waals surface area contributed by atoms with Crippen LogP contribution in [0.2, 0.25) is 0 Å². The first-order valence-electron chi connectivity index (χ1n) is 2.93. The number of hydrogen-bond donors (Lipinski definition) is 0. The topological polar surface area (TPSA) is 3.24 Å². The molecule has 0 atom stereocenters. The summed E-state index contributed by atoms with van der Waals surface area (Å²) in [5, 5.41) is 0. The number of nitrogens with zero attached hydrogens (tertiary/aromatic N) is 1. The van der Waals surface area contributed by atoms with Crippen molar-refractivity contribution in [3.63, 3.8) is 0 Å². The molecule has 1 fully saturated rings. The second kappa shape index (κ2) is 4.44. The van der Waals surface area contributed by atoms with Crippen LogP contribution < -0.4 is 18.9 Å². The Morgan fingerprint density at radius 2 is 2.12 bits per heavy atom. The Balaban J connectivity index is 0.000000490. The van der Waals surface area contributed by atoms with Crippen LogP contribution in [-0.2, 0) is 0 Å². The minimum Gasteiger partial charge on any atom is -0.459 e. The second-order valence-corrected chi connectivity index (χ2v) is 2.16. The van der Waals surface area contributed by atoms with E-state index in [9.17, 15) is 0 Å². The minimum atomic E-state index is 0. The minimum absolute atomic E-state index is 0. The van der Waals surface area contributed by atoms with E-state index in [0.717, 1.165) is 0 Å². The molecule has 0 amide bonds. The molecule has 42 valence electrons. The third-order valence-corrected chi connectivity index (χ3v) is 1.41. The molecule has 0 saturated carbocycles. The van der Waals surface area contributed by atoms with Gasteiger partial charge in [-0.25, -0.2) is 0 Å². The Morgan fingerprint density at radius 3 is 2.38 bits per heavy atom. The maximum Gasteiger partial charge on any atom is 1.00 e. The molecule has 0 N–H and O–H groups in total. The number of hydrogen-bond acceptors (Lipinski definition) is 1. The first kappa shape index (κ1) is 8.56. The van der Waals surface area contributed by atoms with Gasteiger partial charge >= 0.3 is 18.9 Å². The average Bonchev–Trinajstić information content (AvgIpc) is 1.69. The van der Waals surface area contributed by atoms with Crippen molar-refractivity contribution in [3.8, 4) is 0 Å². The van der Waals surface area contributed by atoms with E-state index in [2.05, 4.69) is 18.5 Å². The predicted octanol–water partition coefficient (Wildman–Crippen LogP) is -1.73. The fourth-order valence-electron chi connectivity index (χ4n) is 0.909. The molecular formula is C6H12LiN. The van der Waals surface area contributed by atoms with Gasteiger partial charge in [0.2, 0.25) is 0 Å². The van der Waals surface area contributed by atoms with Crippen molar-refractivity contribution < 1.29 is 18.9 Å². The van der Waals surface area contributed by atoms with Gasteiger partial charge in [0, 0.05) is 0 Å². The molecule has 0 aromatic heterocycles. The van der Waals surface area contributed by atoms with Crippen molar-refractivity contribution in [2.24, 2.45) is 0 Å². The molecule has 1 aliphatic rings. The average molecular weight is 105 g/mol. The summed E-state index contributed by atoms with van der Waals surface area (Å²) < 4.78 is 0. The molecule has 0 radical (unpaired) electrons. The Morgan fingerprint density at radius 1 is 1.38 bits per heavy atom. The summed E-state index contributed by atoms with van der Waals surface area (Å²) in [6, 6.07) is 0. The number of piperidine rings is 1. The van der Waals surface area contributed by atoms with Gasteiger partial charge in [-0.1, -0.05) is 6.42 Å². The monoisotopic (exact) mass is 105 g/mol. The fourth-order valence-corrected chi connectivity index (χ4v) is 0.909. The molecule has 0 aliphatic carbocycles. The van der Waals surface area contributed by atoms with Gasteiger partial charge in [-0.05, 0) is 20.0 Å².